The first-order chi connectivity index (χ1) is 16.8. The molecule has 8 heteroatoms. The molecule has 35 heavy (non-hydrogen) atoms. The zero-order valence-electron chi connectivity index (χ0n) is 22.0. The Kier molecular flexibility index (Phi) is 10.4. The molecule has 0 radical (unpaired) electrons. The summed E-state index contributed by atoms with van der Waals surface area (Å²) < 4.78 is 17.7. The van der Waals surface area contributed by atoms with E-state index in [1.165, 1.54) is 0 Å². The van der Waals surface area contributed by atoms with Crippen molar-refractivity contribution in [3.63, 3.8) is 0 Å². The van der Waals surface area contributed by atoms with E-state index in [9.17, 15) is 9.59 Å². The Hall–Kier alpha value is -2.16. The van der Waals surface area contributed by atoms with E-state index in [1.807, 2.05) is 6.92 Å². The van der Waals surface area contributed by atoms with Crippen molar-refractivity contribution in [2.45, 2.75) is 58.6 Å². The molecule has 3 atom stereocenters. The van der Waals surface area contributed by atoms with Gasteiger partial charge in [-0.25, -0.2) is 0 Å². The van der Waals surface area contributed by atoms with Gasteiger partial charge in [0.25, 0.3) is 5.91 Å². The molecule has 196 valence electrons. The van der Waals surface area contributed by atoms with Gasteiger partial charge < -0.3 is 24.4 Å². The summed E-state index contributed by atoms with van der Waals surface area (Å²) in [6.45, 7) is 10.8. The van der Waals surface area contributed by atoms with Gasteiger partial charge in [-0.3, -0.25) is 14.5 Å². The standard InChI is InChI=1S/C27H43N3O5/c1-6-7-26(31)28-22-8-9-24-23(14-22)27(32)29(4)17-25(33-5)19(2)15-30(20(3)18-35-24)16-21-10-12-34-13-11-21/h8-9,14,19-21,25H,6-7,10-13,15-18H2,1-5H3,(H,28,31)/t19-,20-,25+/m1/s1. The zero-order chi connectivity index (χ0) is 25.4. The second-order valence-electron chi connectivity index (χ2n) is 10.1. The first-order valence-corrected chi connectivity index (χ1v) is 13.0. The van der Waals surface area contributed by atoms with Gasteiger partial charge in [-0.1, -0.05) is 13.8 Å². The van der Waals surface area contributed by atoms with E-state index in [4.69, 9.17) is 14.2 Å². The van der Waals surface area contributed by atoms with Gasteiger partial charge in [-0.15, -0.1) is 0 Å². The third-order valence-electron chi connectivity index (χ3n) is 7.17. The molecule has 0 spiro atoms. The Morgan fingerprint density at radius 3 is 2.63 bits per heavy atom. The largest absolute Gasteiger partial charge is 0.491 e. The number of hydrogen-bond donors (Lipinski definition) is 1. The predicted octanol–water partition coefficient (Wildman–Crippen LogP) is 3.66. The number of hydrogen-bond acceptors (Lipinski definition) is 6. The van der Waals surface area contributed by atoms with Gasteiger partial charge in [-0.2, -0.15) is 0 Å². The maximum atomic E-state index is 13.4. The third-order valence-corrected chi connectivity index (χ3v) is 7.17. The van der Waals surface area contributed by atoms with Crippen LogP contribution in [0.4, 0.5) is 5.69 Å². The smallest absolute Gasteiger partial charge is 0.257 e. The fraction of sp³-hybridized carbons (Fsp3) is 0.704. The number of rotatable bonds is 6. The number of amides is 2. The van der Waals surface area contributed by atoms with Crippen molar-refractivity contribution in [2.24, 2.45) is 11.8 Å². The lowest BCUT2D eigenvalue weighted by Gasteiger charge is -2.38. The molecule has 2 aliphatic heterocycles. The number of methoxy groups -OCH3 is 1. The molecule has 0 aliphatic carbocycles. The van der Waals surface area contributed by atoms with Crippen molar-refractivity contribution in [3.8, 4) is 5.75 Å². The normalized spacial score (nSPS) is 25.2. The van der Waals surface area contributed by atoms with Crippen LogP contribution in [0.5, 0.6) is 5.75 Å². The van der Waals surface area contributed by atoms with Crippen molar-refractivity contribution < 1.29 is 23.8 Å². The third kappa shape index (κ3) is 7.66. The summed E-state index contributed by atoms with van der Waals surface area (Å²) in [5.74, 6) is 1.17. The lowest BCUT2D eigenvalue weighted by Crippen LogP contribution is -2.48. The first kappa shape index (κ1) is 27.4. The topological polar surface area (TPSA) is 80.3 Å². The highest BCUT2D eigenvalue weighted by Crippen LogP contribution is 2.27. The lowest BCUT2D eigenvalue weighted by molar-refractivity contribution is -0.116. The zero-order valence-corrected chi connectivity index (χ0v) is 22.0. The monoisotopic (exact) mass is 489 g/mol. The molecule has 1 aromatic carbocycles. The van der Waals surface area contributed by atoms with E-state index in [-0.39, 0.29) is 29.9 Å². The fourth-order valence-corrected chi connectivity index (χ4v) is 4.89. The summed E-state index contributed by atoms with van der Waals surface area (Å²) in [5, 5.41) is 2.89. The van der Waals surface area contributed by atoms with Gasteiger partial charge in [-0.05, 0) is 56.2 Å². The van der Waals surface area contributed by atoms with Crippen LogP contribution in [0.25, 0.3) is 0 Å². The van der Waals surface area contributed by atoms with Crippen LogP contribution in [-0.2, 0) is 14.3 Å². The number of nitrogens with one attached hydrogen (secondary N) is 1. The molecule has 0 aromatic heterocycles. The Labute approximate surface area is 210 Å². The molecule has 2 aliphatic rings. The summed E-state index contributed by atoms with van der Waals surface area (Å²) >= 11 is 0. The van der Waals surface area contributed by atoms with Crippen molar-refractivity contribution in [1.29, 1.82) is 0 Å². The number of likely N-dealkylation sites (N-methyl/N-ethyl adjacent to an activating group) is 1. The van der Waals surface area contributed by atoms with Gasteiger partial charge in [0.15, 0.2) is 0 Å². The van der Waals surface area contributed by atoms with Gasteiger partial charge in [0.05, 0.1) is 11.7 Å². The molecule has 2 heterocycles. The first-order valence-electron chi connectivity index (χ1n) is 13.0. The number of ether oxygens (including phenoxy) is 3. The number of benzene rings is 1. The Morgan fingerprint density at radius 1 is 1.20 bits per heavy atom. The Balaban J connectivity index is 1.87. The molecule has 1 saturated heterocycles. The molecule has 1 aromatic rings. The number of nitrogens with zero attached hydrogens (tertiary/aromatic N) is 2. The minimum atomic E-state index is -0.145. The summed E-state index contributed by atoms with van der Waals surface area (Å²) in [7, 11) is 3.51. The fourth-order valence-electron chi connectivity index (χ4n) is 4.89. The number of fused-ring (bicyclic) bond motifs is 1. The van der Waals surface area contributed by atoms with E-state index in [0.717, 1.165) is 45.6 Å². The predicted molar refractivity (Wildman–Crippen MR) is 137 cm³/mol. The van der Waals surface area contributed by atoms with Crippen molar-refractivity contribution in [1.82, 2.24) is 9.80 Å². The molecule has 0 bridgehead atoms. The van der Waals surface area contributed by atoms with E-state index < -0.39 is 0 Å². The van der Waals surface area contributed by atoms with Crippen LogP contribution in [0.1, 0.15) is 56.8 Å². The minimum Gasteiger partial charge on any atom is -0.491 e. The van der Waals surface area contributed by atoms with E-state index in [1.54, 1.807) is 37.3 Å². The Bertz CT molecular complexity index is 842. The SMILES string of the molecule is CCCC(=O)Nc1ccc2c(c1)C(=O)N(C)C[C@H](OC)[C@H](C)CN(CC1CCOCC1)[C@H](C)CO2. The second-order valence-corrected chi connectivity index (χ2v) is 10.1. The summed E-state index contributed by atoms with van der Waals surface area (Å²) in [4.78, 5) is 29.8. The summed E-state index contributed by atoms with van der Waals surface area (Å²) in [5.41, 5.74) is 1.05. The van der Waals surface area contributed by atoms with E-state index in [2.05, 4.69) is 24.1 Å². The van der Waals surface area contributed by atoms with Crippen LogP contribution in [0, 0.1) is 11.8 Å². The number of carbonyl (C=O) groups excluding carboxylic acids is 2. The van der Waals surface area contributed by atoms with Crippen molar-refractivity contribution in [3.05, 3.63) is 23.8 Å². The quantitative estimate of drug-likeness (QED) is 0.657. The Morgan fingerprint density at radius 2 is 1.94 bits per heavy atom. The molecule has 0 unspecified atom stereocenters. The second kappa shape index (κ2) is 13.2. The van der Waals surface area contributed by atoms with Crippen LogP contribution in [0.3, 0.4) is 0 Å². The van der Waals surface area contributed by atoms with Gasteiger partial charge in [0, 0.05) is 65.2 Å². The van der Waals surface area contributed by atoms with Gasteiger partial charge in [0.2, 0.25) is 5.91 Å². The minimum absolute atomic E-state index is 0.0621. The highest BCUT2D eigenvalue weighted by atomic mass is 16.5. The van der Waals surface area contributed by atoms with Crippen molar-refractivity contribution >= 4 is 17.5 Å². The summed E-state index contributed by atoms with van der Waals surface area (Å²) in [6, 6.07) is 5.49. The maximum Gasteiger partial charge on any atom is 0.257 e. The molecule has 0 saturated carbocycles. The van der Waals surface area contributed by atoms with E-state index in [0.29, 0.717) is 42.5 Å². The summed E-state index contributed by atoms with van der Waals surface area (Å²) in [6.07, 6.45) is 3.28. The molecule has 1 N–H and O–H groups in total. The highest BCUT2D eigenvalue weighted by molar-refractivity contribution is 5.99. The highest BCUT2D eigenvalue weighted by Gasteiger charge is 2.30. The molecule has 2 amide bonds. The van der Waals surface area contributed by atoms with Crippen LogP contribution in [-0.4, -0.2) is 87.4 Å². The van der Waals surface area contributed by atoms with Crippen LogP contribution in [0.2, 0.25) is 0 Å². The average Bonchev–Trinajstić information content (AvgIpc) is 2.85. The molecule has 3 rings (SSSR count). The molecular formula is C27H43N3O5. The number of carbonyl (C=O) groups is 2. The number of anilines is 1. The van der Waals surface area contributed by atoms with Crippen LogP contribution < -0.4 is 10.1 Å². The van der Waals surface area contributed by atoms with Crippen LogP contribution >= 0.6 is 0 Å². The molecular weight excluding hydrogens is 446 g/mol. The van der Waals surface area contributed by atoms with Crippen molar-refractivity contribution in [2.75, 3.05) is 58.9 Å². The molecule has 8 nitrogen and oxygen atoms in total. The van der Waals surface area contributed by atoms with E-state index >= 15 is 0 Å². The van der Waals surface area contributed by atoms with Gasteiger partial charge in [0.1, 0.15) is 12.4 Å². The van der Waals surface area contributed by atoms with Crippen LogP contribution in [0.15, 0.2) is 18.2 Å². The average molecular weight is 490 g/mol. The molecule has 1 fully saturated rings. The van der Waals surface area contributed by atoms with Gasteiger partial charge >= 0.3 is 0 Å². The lowest BCUT2D eigenvalue weighted by atomic mass is 9.96. The maximum absolute atomic E-state index is 13.4.